The van der Waals surface area contributed by atoms with E-state index in [9.17, 15) is 4.79 Å². The van der Waals surface area contributed by atoms with Gasteiger partial charge in [0.05, 0.1) is 44.2 Å². The third-order valence-corrected chi connectivity index (χ3v) is 6.23. The summed E-state index contributed by atoms with van der Waals surface area (Å²) in [4.78, 5) is 23.9. The van der Waals surface area contributed by atoms with Crippen molar-refractivity contribution >= 4 is 23.2 Å². The van der Waals surface area contributed by atoms with Gasteiger partial charge in [-0.2, -0.15) is 9.78 Å². The first-order chi connectivity index (χ1) is 19.0. The van der Waals surface area contributed by atoms with Gasteiger partial charge in [-0.25, -0.2) is 0 Å². The Bertz CT molecular complexity index is 1420. The number of aromatic nitrogens is 2. The first-order valence-electron chi connectivity index (χ1n) is 12.4. The van der Waals surface area contributed by atoms with Gasteiger partial charge >= 0.3 is 0 Å². The molecule has 1 saturated heterocycles. The van der Waals surface area contributed by atoms with Crippen molar-refractivity contribution in [1.29, 1.82) is 0 Å². The number of carbonyl (C=O) groups is 1. The predicted octanol–water partition coefficient (Wildman–Crippen LogP) is 4.29. The van der Waals surface area contributed by atoms with Gasteiger partial charge in [0.25, 0.3) is 5.56 Å². The van der Waals surface area contributed by atoms with E-state index in [2.05, 4.69) is 15.7 Å². The first kappa shape index (κ1) is 29.3. The zero-order valence-electron chi connectivity index (χ0n) is 23.1. The summed E-state index contributed by atoms with van der Waals surface area (Å²) in [5.41, 5.74) is 4.12. The van der Waals surface area contributed by atoms with Gasteiger partial charge in [-0.3, -0.25) is 4.79 Å². The Balaban J connectivity index is 0.000000787. The smallest absolute Gasteiger partial charge is 0.279 e. The van der Waals surface area contributed by atoms with Crippen molar-refractivity contribution in [3.63, 3.8) is 0 Å². The molecule has 0 bridgehead atoms. The lowest BCUT2D eigenvalue weighted by Gasteiger charge is -2.29. The van der Waals surface area contributed by atoms with E-state index >= 15 is 0 Å². The molecule has 206 valence electrons. The van der Waals surface area contributed by atoms with Gasteiger partial charge in [-0.05, 0) is 42.8 Å². The van der Waals surface area contributed by atoms with Gasteiger partial charge in [0.1, 0.15) is 18.3 Å². The first-order valence-corrected chi connectivity index (χ1v) is 12.4. The van der Waals surface area contributed by atoms with Gasteiger partial charge in [0.15, 0.2) is 0 Å². The number of rotatable bonds is 5. The van der Waals surface area contributed by atoms with Crippen LogP contribution < -0.4 is 19.9 Å². The van der Waals surface area contributed by atoms with Crippen molar-refractivity contribution in [3.05, 3.63) is 76.6 Å². The normalized spacial score (nSPS) is 12.6. The van der Waals surface area contributed by atoms with E-state index in [4.69, 9.17) is 24.1 Å². The minimum absolute atomic E-state index is 0.156. The van der Waals surface area contributed by atoms with Crippen LogP contribution in [0.3, 0.4) is 0 Å². The lowest BCUT2D eigenvalue weighted by atomic mass is 10.0. The molecule has 3 aromatic carbocycles. The molecule has 1 fully saturated rings. The standard InChI is InChI=1S/C27H27N3O4.C2H6O.CH2O/c1-18-8-9-20(29-10-12-34-13-11-29)16-25(18)30-27(31)24-7-5-4-6-23(24)26(28-30)19-14-21(32-2)17-22(15-19)33-3;1-3-2;1-2/h4-9,14-17H,10-13H2,1-3H3;1-2H3;1H2. The zero-order valence-corrected chi connectivity index (χ0v) is 23.1. The average molecular weight is 534 g/mol. The van der Waals surface area contributed by atoms with Crippen molar-refractivity contribution in [3.8, 4) is 28.4 Å². The van der Waals surface area contributed by atoms with E-state index in [1.807, 2.05) is 68.3 Å². The summed E-state index contributed by atoms with van der Waals surface area (Å²) in [6.07, 6.45) is 0. The summed E-state index contributed by atoms with van der Waals surface area (Å²) >= 11 is 0. The number of anilines is 1. The highest BCUT2D eigenvalue weighted by molar-refractivity contribution is 5.94. The highest BCUT2D eigenvalue weighted by Crippen LogP contribution is 2.32. The molecule has 0 saturated carbocycles. The number of morpholine rings is 1. The Morgan fingerprint density at radius 2 is 1.44 bits per heavy atom. The minimum Gasteiger partial charge on any atom is -0.497 e. The molecule has 1 aliphatic rings. The van der Waals surface area contributed by atoms with Gasteiger partial charge in [-0.1, -0.05) is 24.3 Å². The number of aryl methyl sites for hydroxylation is 1. The van der Waals surface area contributed by atoms with Crippen LogP contribution in [0.2, 0.25) is 0 Å². The van der Waals surface area contributed by atoms with Crippen molar-refractivity contribution in [1.82, 2.24) is 9.78 Å². The molecule has 5 rings (SSSR count). The quantitative estimate of drug-likeness (QED) is 0.375. The molecule has 2 heterocycles. The molecule has 0 atom stereocenters. The maximum atomic E-state index is 13.6. The monoisotopic (exact) mass is 533 g/mol. The second kappa shape index (κ2) is 14.1. The number of methoxy groups -OCH3 is 3. The summed E-state index contributed by atoms with van der Waals surface area (Å²) in [6, 6.07) is 19.4. The Hall–Kier alpha value is -4.21. The number of fused-ring (bicyclic) bond motifs is 1. The lowest BCUT2D eigenvalue weighted by Crippen LogP contribution is -2.36. The molecule has 0 aliphatic carbocycles. The fourth-order valence-electron chi connectivity index (χ4n) is 4.35. The van der Waals surface area contributed by atoms with E-state index in [1.165, 1.54) is 4.68 Å². The topological polar surface area (TPSA) is 92.1 Å². The molecule has 9 heteroatoms. The molecular formula is C30H35N3O6. The van der Waals surface area contributed by atoms with Gasteiger partial charge in [-0.15, -0.1) is 0 Å². The fourth-order valence-corrected chi connectivity index (χ4v) is 4.35. The molecule has 0 unspecified atom stereocenters. The highest BCUT2D eigenvalue weighted by Gasteiger charge is 2.18. The maximum absolute atomic E-state index is 13.6. The van der Waals surface area contributed by atoms with Crippen molar-refractivity contribution in [2.75, 3.05) is 59.6 Å². The van der Waals surface area contributed by atoms with Gasteiger partial charge in [0.2, 0.25) is 0 Å². The average Bonchev–Trinajstić information content (AvgIpc) is 2.99. The number of hydrogen-bond donors (Lipinski definition) is 0. The maximum Gasteiger partial charge on any atom is 0.279 e. The molecule has 1 aromatic heterocycles. The Morgan fingerprint density at radius 1 is 0.846 bits per heavy atom. The molecule has 4 aromatic rings. The SMILES string of the molecule is C=O.COC.COc1cc(OC)cc(-c2nn(-c3cc(N4CCOCC4)ccc3C)c(=O)c3ccccc23)c1. The molecular weight excluding hydrogens is 498 g/mol. The van der Waals surface area contributed by atoms with Crippen LogP contribution in [0.25, 0.3) is 27.7 Å². The van der Waals surface area contributed by atoms with E-state index in [-0.39, 0.29) is 5.56 Å². The van der Waals surface area contributed by atoms with E-state index in [1.54, 1.807) is 28.4 Å². The van der Waals surface area contributed by atoms with Crippen LogP contribution in [0.1, 0.15) is 5.56 Å². The van der Waals surface area contributed by atoms with Crippen LogP contribution in [0.5, 0.6) is 11.5 Å². The van der Waals surface area contributed by atoms with Gasteiger partial charge < -0.3 is 28.6 Å². The van der Waals surface area contributed by atoms with Crippen molar-refractivity contribution < 1.29 is 23.7 Å². The highest BCUT2D eigenvalue weighted by atomic mass is 16.5. The molecule has 0 radical (unpaired) electrons. The Morgan fingerprint density at radius 3 is 2.03 bits per heavy atom. The Kier molecular flexibility index (Phi) is 10.6. The largest absolute Gasteiger partial charge is 0.497 e. The number of hydrogen-bond acceptors (Lipinski definition) is 8. The van der Waals surface area contributed by atoms with Crippen molar-refractivity contribution in [2.45, 2.75) is 6.92 Å². The zero-order chi connectivity index (χ0) is 28.4. The molecule has 0 N–H and O–H groups in total. The van der Waals surface area contributed by atoms with Crippen LogP contribution in [0.4, 0.5) is 5.69 Å². The van der Waals surface area contributed by atoms with Crippen LogP contribution in [-0.2, 0) is 14.3 Å². The summed E-state index contributed by atoms with van der Waals surface area (Å²) < 4.78 is 22.2. The number of nitrogens with zero attached hydrogens (tertiary/aromatic N) is 3. The molecule has 9 nitrogen and oxygen atoms in total. The lowest BCUT2D eigenvalue weighted by molar-refractivity contribution is -0.0980. The molecule has 1 aliphatic heterocycles. The van der Waals surface area contributed by atoms with Crippen LogP contribution in [-0.4, -0.2) is 71.3 Å². The fraction of sp³-hybridized carbons (Fsp3) is 0.300. The number of ether oxygens (including phenoxy) is 4. The van der Waals surface area contributed by atoms with Crippen molar-refractivity contribution in [2.24, 2.45) is 0 Å². The minimum atomic E-state index is -0.156. The number of benzene rings is 3. The summed E-state index contributed by atoms with van der Waals surface area (Å²) in [5.74, 6) is 1.31. The van der Waals surface area contributed by atoms with E-state index in [0.29, 0.717) is 35.8 Å². The predicted molar refractivity (Wildman–Crippen MR) is 154 cm³/mol. The van der Waals surface area contributed by atoms with E-state index < -0.39 is 0 Å². The summed E-state index contributed by atoms with van der Waals surface area (Å²) in [6.45, 7) is 7.02. The third-order valence-electron chi connectivity index (χ3n) is 6.23. The van der Waals surface area contributed by atoms with E-state index in [0.717, 1.165) is 41.0 Å². The molecule has 0 spiro atoms. The van der Waals surface area contributed by atoms with Crippen LogP contribution >= 0.6 is 0 Å². The number of carbonyl (C=O) groups excluding carboxylic acids is 1. The second-order valence-corrected chi connectivity index (χ2v) is 8.69. The van der Waals surface area contributed by atoms with Gasteiger partial charge in [0, 0.05) is 50.0 Å². The Labute approximate surface area is 228 Å². The summed E-state index contributed by atoms with van der Waals surface area (Å²) in [7, 11) is 6.48. The third kappa shape index (κ3) is 6.63. The van der Waals surface area contributed by atoms with Crippen LogP contribution in [0.15, 0.2) is 65.5 Å². The second-order valence-electron chi connectivity index (χ2n) is 8.69. The van der Waals surface area contributed by atoms with Crippen LogP contribution in [0, 0.1) is 6.92 Å². The summed E-state index contributed by atoms with van der Waals surface area (Å²) in [5, 5.41) is 6.27. The molecule has 39 heavy (non-hydrogen) atoms. The molecule has 0 amide bonds.